The van der Waals surface area contributed by atoms with Crippen molar-refractivity contribution in [2.24, 2.45) is 75.8 Å². The van der Waals surface area contributed by atoms with Gasteiger partial charge in [-0.2, -0.15) is 0 Å². The van der Waals surface area contributed by atoms with Crippen LogP contribution in [-0.4, -0.2) is 0 Å². The van der Waals surface area contributed by atoms with Crippen LogP contribution < -0.4 is 0 Å². The van der Waals surface area contributed by atoms with E-state index in [0.29, 0.717) is 75.8 Å². The first-order chi connectivity index (χ1) is 36.3. The summed E-state index contributed by atoms with van der Waals surface area (Å²) in [5.74, 6) is 0. The second-order valence-electron chi connectivity index (χ2n) is 41.2. The van der Waals surface area contributed by atoms with Gasteiger partial charge in [-0.05, 0) is 82.2 Å². The van der Waals surface area contributed by atoms with E-state index in [2.05, 4.69) is 388 Å². The monoisotopic (exact) mass is 1220 g/mol. The first kappa shape index (κ1) is 119. The zero-order valence-electron chi connectivity index (χ0n) is 73.6. The molecule has 0 unspecified atom stereocenters. The lowest BCUT2D eigenvalue weighted by Crippen LogP contribution is -2.02. The van der Waals surface area contributed by atoms with Gasteiger partial charge in [-0.1, -0.05) is 478 Å². The van der Waals surface area contributed by atoms with Gasteiger partial charge in [-0.3, -0.25) is 0 Å². The maximum atomic E-state index is 2.27. The normalized spacial score (nSPS) is 12.0. The highest BCUT2D eigenvalue weighted by atomic mass is 14.2. The van der Waals surface area contributed by atoms with Crippen LogP contribution in [0.5, 0.6) is 0 Å². The highest BCUT2D eigenvalue weighted by molar-refractivity contribution is 4.62. The van der Waals surface area contributed by atoms with Gasteiger partial charge in [0.25, 0.3) is 0 Å². The third-order valence-electron chi connectivity index (χ3n) is 14.8. The largest absolute Gasteiger partial charge is 0.0654 e. The summed E-state index contributed by atoms with van der Waals surface area (Å²) >= 11 is 0. The fourth-order valence-corrected chi connectivity index (χ4v) is 0.750. The van der Waals surface area contributed by atoms with Crippen LogP contribution in [-0.2, 0) is 0 Å². The number of hydrogen-bond acceptors (Lipinski definition) is 0. The third kappa shape index (κ3) is 305. The van der Waals surface area contributed by atoms with Crippen LogP contribution >= 0.6 is 0 Å². The van der Waals surface area contributed by atoms with Crippen molar-refractivity contribution in [3.8, 4) is 0 Å². The van der Waals surface area contributed by atoms with Gasteiger partial charge < -0.3 is 0 Å². The van der Waals surface area contributed by atoms with E-state index in [1.807, 2.05) is 0 Å². The first-order valence-corrected chi connectivity index (χ1v) is 36.3. The molecule has 0 rings (SSSR count). The molecule has 0 aliphatic rings. The third-order valence-corrected chi connectivity index (χ3v) is 14.8. The smallest absolute Gasteiger partial charge is 0.0383 e. The Hall–Kier alpha value is 0. The molecule has 0 saturated heterocycles. The number of rotatable bonds is 1. The molecule has 0 aromatic carbocycles. The Kier molecular flexibility index (Phi) is 82.6. The fourth-order valence-electron chi connectivity index (χ4n) is 0.750. The summed E-state index contributed by atoms with van der Waals surface area (Å²) < 4.78 is 0. The summed E-state index contributed by atoms with van der Waals surface area (Å²) in [6, 6.07) is 0. The lowest BCUT2D eigenvalue weighted by Gasteiger charge is -2.15. The molecule has 0 amide bonds. The van der Waals surface area contributed by atoms with Crippen molar-refractivity contribution in [3.05, 3.63) is 0 Å². The molecule has 0 nitrogen and oxygen atoms in total. The minimum atomic E-state index is 0.542. The van der Waals surface area contributed by atoms with Crippen LogP contribution in [0.3, 0.4) is 0 Å². The molecule has 0 saturated carbocycles. The van der Waals surface area contributed by atoms with Gasteiger partial charge in [0.05, 0.1) is 0 Å². The fraction of sp³-hybridized carbons (Fsp3) is 1.00. The van der Waals surface area contributed by atoms with Crippen LogP contribution in [0.15, 0.2) is 0 Å². The van der Waals surface area contributed by atoms with Gasteiger partial charge in [0.2, 0.25) is 0 Å². The molecule has 0 N–H and O–H groups in total. The summed E-state index contributed by atoms with van der Waals surface area (Å²) in [6.07, 6.45) is 19.2. The standard InChI is InChI=1S/C7H16.13C6H14/c1-5-6-7(2,3)4;13*1-5-6(2,3)4/h5-6H2,1-4H3;13*5H2,1-4H3. The average molecular weight is 1220 g/mol. The van der Waals surface area contributed by atoms with Gasteiger partial charge in [0.1, 0.15) is 0 Å². The van der Waals surface area contributed by atoms with Crippen LogP contribution in [0.4, 0.5) is 0 Å². The molecule has 538 valence electrons. The lowest BCUT2D eigenvalue weighted by atomic mass is 9.91. The minimum absolute atomic E-state index is 0.542. The lowest BCUT2D eigenvalue weighted by molar-refractivity contribution is 0.373. The summed E-state index contributed by atoms with van der Waals surface area (Å²) in [6.45, 7) is 125. The Bertz CT molecular complexity index is 843. The van der Waals surface area contributed by atoms with E-state index in [9.17, 15) is 0 Å². The van der Waals surface area contributed by atoms with Crippen molar-refractivity contribution in [1.82, 2.24) is 0 Å². The maximum Gasteiger partial charge on any atom is -0.0383 e. The first-order valence-electron chi connectivity index (χ1n) is 36.3. The topological polar surface area (TPSA) is 0 Å². The Morgan fingerprint density at radius 1 is 0.106 bits per heavy atom. The SMILES string of the molecule is CCC(C)(C)C.CCC(C)(C)C.CCC(C)(C)C.CCC(C)(C)C.CCC(C)(C)C.CCC(C)(C)C.CCC(C)(C)C.CCC(C)(C)C.CCC(C)(C)C.CCC(C)(C)C.CCC(C)(C)C.CCC(C)(C)C.CCC(C)(C)C.CCCC(C)(C)C. The number of hydrogen-bond donors (Lipinski definition) is 0. The quantitative estimate of drug-likeness (QED) is 0.245. The molecule has 0 fully saturated rings. The van der Waals surface area contributed by atoms with Gasteiger partial charge in [-0.15, -0.1) is 0 Å². The predicted molar refractivity (Wildman–Crippen MR) is 421 cm³/mol. The zero-order chi connectivity index (χ0) is 73.6. The van der Waals surface area contributed by atoms with E-state index in [-0.39, 0.29) is 0 Å². The van der Waals surface area contributed by atoms with E-state index in [1.165, 1.54) is 96.3 Å². The van der Waals surface area contributed by atoms with E-state index in [0.717, 1.165) is 0 Å². The van der Waals surface area contributed by atoms with Crippen molar-refractivity contribution >= 4 is 0 Å². The molecule has 0 spiro atoms. The van der Waals surface area contributed by atoms with Crippen molar-refractivity contribution in [1.29, 1.82) is 0 Å². The second kappa shape index (κ2) is 59.0. The molecule has 0 heteroatoms. The van der Waals surface area contributed by atoms with Crippen LogP contribution in [0.25, 0.3) is 0 Å². The molecule has 0 bridgehead atoms. The van der Waals surface area contributed by atoms with Gasteiger partial charge >= 0.3 is 0 Å². The zero-order valence-corrected chi connectivity index (χ0v) is 73.6. The van der Waals surface area contributed by atoms with Crippen molar-refractivity contribution in [2.75, 3.05) is 0 Å². The van der Waals surface area contributed by atoms with Crippen LogP contribution in [0.2, 0.25) is 0 Å². The highest BCUT2D eigenvalue weighted by Crippen LogP contribution is 2.23. The van der Waals surface area contributed by atoms with E-state index in [1.54, 1.807) is 0 Å². The van der Waals surface area contributed by atoms with E-state index < -0.39 is 0 Å². The summed E-state index contributed by atoms with van der Waals surface area (Å²) in [7, 11) is 0. The molecule has 0 aromatic rings. The summed E-state index contributed by atoms with van der Waals surface area (Å²) in [4.78, 5) is 0. The van der Waals surface area contributed by atoms with Gasteiger partial charge in [0, 0.05) is 0 Å². The van der Waals surface area contributed by atoms with E-state index in [4.69, 9.17) is 0 Å². The highest BCUT2D eigenvalue weighted by Gasteiger charge is 2.10. The summed E-state index contributed by atoms with van der Waals surface area (Å²) in [5, 5.41) is 0. The van der Waals surface area contributed by atoms with Crippen molar-refractivity contribution in [3.63, 3.8) is 0 Å². The molecule has 0 aliphatic heterocycles. The van der Waals surface area contributed by atoms with Crippen LogP contribution in [0, 0.1) is 75.8 Å². The van der Waals surface area contributed by atoms with Gasteiger partial charge in [0.15, 0.2) is 0 Å². The molecule has 85 heavy (non-hydrogen) atoms. The minimum Gasteiger partial charge on any atom is -0.0654 e. The Labute approximate surface area is 556 Å². The molecular weight excluding hydrogens is 1020 g/mol. The predicted octanol–water partition coefficient (Wildman–Crippen LogP) is 34.6. The summed E-state index contributed by atoms with van der Waals surface area (Å²) in [5.41, 5.74) is 7.59. The molecular formula is C85H198. The molecule has 0 radical (unpaired) electrons. The average Bonchev–Trinajstić information content (AvgIpc) is 3.28. The van der Waals surface area contributed by atoms with Gasteiger partial charge in [-0.25, -0.2) is 0 Å². The second-order valence-corrected chi connectivity index (χ2v) is 41.2. The molecule has 0 aliphatic carbocycles. The van der Waals surface area contributed by atoms with Crippen molar-refractivity contribution in [2.45, 2.75) is 484 Å². The molecule has 0 heterocycles. The Morgan fingerprint density at radius 2 is 0.153 bits per heavy atom. The molecule has 0 aromatic heterocycles. The van der Waals surface area contributed by atoms with E-state index >= 15 is 0 Å². The molecule has 0 atom stereocenters. The Balaban J connectivity index is -0.0000000532. The van der Waals surface area contributed by atoms with Crippen LogP contribution in [0.1, 0.15) is 484 Å². The Morgan fingerprint density at radius 3 is 0.153 bits per heavy atom. The maximum absolute atomic E-state index is 2.27. The van der Waals surface area contributed by atoms with Crippen molar-refractivity contribution < 1.29 is 0 Å².